The number of halogens is 2. The largest absolute Gasteiger partial charge is 0.354 e. The maximum absolute atomic E-state index is 14.5. The molecule has 10 nitrogen and oxygen atoms in total. The number of hydrogen-bond donors (Lipinski definition) is 3. The second-order valence-electron chi connectivity index (χ2n) is 9.96. The molecule has 1 aromatic carbocycles. The van der Waals surface area contributed by atoms with Crippen molar-refractivity contribution in [2.75, 3.05) is 42.9 Å². The van der Waals surface area contributed by atoms with Gasteiger partial charge in [-0.15, -0.1) is 0 Å². The van der Waals surface area contributed by atoms with Crippen LogP contribution < -0.4 is 20.9 Å². The van der Waals surface area contributed by atoms with E-state index in [2.05, 4.69) is 21.0 Å². The van der Waals surface area contributed by atoms with Crippen molar-refractivity contribution < 1.29 is 18.4 Å². The van der Waals surface area contributed by atoms with E-state index in [1.807, 2.05) is 4.90 Å². The van der Waals surface area contributed by atoms with E-state index in [0.717, 1.165) is 25.0 Å². The van der Waals surface area contributed by atoms with Crippen LogP contribution in [0.4, 0.5) is 25.1 Å². The van der Waals surface area contributed by atoms with Crippen LogP contribution in [0.2, 0.25) is 0 Å². The number of nitrogens with zero attached hydrogens (tertiary/aromatic N) is 5. The van der Waals surface area contributed by atoms with E-state index in [9.17, 15) is 18.4 Å². The molecule has 1 unspecified atom stereocenters. The average molecular weight is 511 g/mol. The first-order valence-corrected chi connectivity index (χ1v) is 12.5. The second kappa shape index (κ2) is 9.25. The molecule has 3 saturated heterocycles. The number of likely N-dealkylation sites (tertiary alicyclic amines) is 1. The van der Waals surface area contributed by atoms with Crippen LogP contribution in [0.1, 0.15) is 37.3 Å². The smallest absolute Gasteiger partial charge is 0.322 e. The Morgan fingerprint density at radius 1 is 1.22 bits per heavy atom. The molecule has 0 aliphatic carbocycles. The molecule has 2 atom stereocenters. The molecule has 1 spiro atoms. The zero-order chi connectivity index (χ0) is 25.6. The average Bonchev–Trinajstić information content (AvgIpc) is 3.60. The fourth-order valence-electron chi connectivity index (χ4n) is 5.63. The molecule has 6 rings (SSSR count). The fourth-order valence-corrected chi connectivity index (χ4v) is 5.63. The van der Waals surface area contributed by atoms with Crippen LogP contribution in [-0.2, 0) is 4.79 Å². The van der Waals surface area contributed by atoms with Crippen LogP contribution in [-0.4, -0.2) is 69.7 Å². The molecule has 5 heterocycles. The number of rotatable bonds is 3. The Hall–Kier alpha value is -3.80. The van der Waals surface area contributed by atoms with Gasteiger partial charge in [0.25, 0.3) is 0 Å². The van der Waals surface area contributed by atoms with Gasteiger partial charge < -0.3 is 25.8 Å². The highest BCUT2D eigenvalue weighted by molar-refractivity contribution is 5.93. The lowest BCUT2D eigenvalue weighted by Gasteiger charge is -2.28. The molecule has 3 aliphatic heterocycles. The summed E-state index contributed by atoms with van der Waals surface area (Å²) in [6.07, 6.45) is 5.96. The number of nitrogens with one attached hydrogen (secondary N) is 3. The van der Waals surface area contributed by atoms with Crippen molar-refractivity contribution in [3.63, 3.8) is 0 Å². The van der Waals surface area contributed by atoms with Gasteiger partial charge in [0.1, 0.15) is 23.1 Å². The van der Waals surface area contributed by atoms with Crippen molar-refractivity contribution in [2.24, 2.45) is 0 Å². The van der Waals surface area contributed by atoms with Crippen LogP contribution in [0.15, 0.2) is 36.7 Å². The number of carbonyl (C=O) groups excluding carboxylic acids is 2. The first-order valence-electron chi connectivity index (χ1n) is 12.5. The third kappa shape index (κ3) is 4.45. The van der Waals surface area contributed by atoms with Gasteiger partial charge in [-0.3, -0.25) is 4.79 Å². The number of urea groups is 1. The quantitative estimate of drug-likeness (QED) is 0.500. The zero-order valence-electron chi connectivity index (χ0n) is 20.2. The van der Waals surface area contributed by atoms with Crippen molar-refractivity contribution in [1.29, 1.82) is 0 Å². The topological polar surface area (TPSA) is 107 Å². The van der Waals surface area contributed by atoms with Crippen molar-refractivity contribution >= 4 is 29.1 Å². The lowest BCUT2D eigenvalue weighted by atomic mass is 9.99. The molecule has 3 aliphatic rings. The monoisotopic (exact) mass is 510 g/mol. The van der Waals surface area contributed by atoms with Crippen LogP contribution in [0, 0.1) is 11.6 Å². The Balaban J connectivity index is 1.21. The van der Waals surface area contributed by atoms with Gasteiger partial charge in [0, 0.05) is 50.9 Å². The maximum atomic E-state index is 14.5. The predicted molar refractivity (Wildman–Crippen MR) is 132 cm³/mol. The summed E-state index contributed by atoms with van der Waals surface area (Å²) in [6.45, 7) is 2.76. The van der Waals surface area contributed by atoms with Crippen molar-refractivity contribution in [1.82, 2.24) is 30.1 Å². The lowest BCUT2D eigenvalue weighted by Crippen LogP contribution is -2.53. The van der Waals surface area contributed by atoms with Gasteiger partial charge in [0.05, 0.1) is 17.8 Å². The molecule has 194 valence electrons. The summed E-state index contributed by atoms with van der Waals surface area (Å²) in [7, 11) is 0. The Morgan fingerprint density at radius 3 is 3.00 bits per heavy atom. The standard InChI is InChI=1S/C25H28F2N8O2/c26-16-3-4-18(27)17(12-16)20-2-1-9-34(20)21-6-10-35-23(32-21)19(13-30-35)31-24(37)33-11-7-25(15-33)14-28-22(36)5-8-29-25/h3-4,6,10,12-13,20,29H,1-2,5,7-9,11,14-15H2,(H,28,36)(H,31,37)/t20-,25?/m1/s1. The maximum Gasteiger partial charge on any atom is 0.322 e. The highest BCUT2D eigenvalue weighted by Crippen LogP contribution is 2.37. The predicted octanol–water partition coefficient (Wildman–Crippen LogP) is 2.43. The highest BCUT2D eigenvalue weighted by Gasteiger charge is 2.41. The minimum absolute atomic E-state index is 0.0147. The van der Waals surface area contributed by atoms with Gasteiger partial charge >= 0.3 is 6.03 Å². The lowest BCUT2D eigenvalue weighted by molar-refractivity contribution is -0.120. The first kappa shape index (κ1) is 23.6. The number of fused-ring (bicyclic) bond motifs is 1. The Labute approximate surface area is 212 Å². The van der Waals surface area contributed by atoms with Crippen molar-refractivity contribution in [3.05, 3.63) is 53.9 Å². The van der Waals surface area contributed by atoms with Gasteiger partial charge in [0.2, 0.25) is 5.91 Å². The highest BCUT2D eigenvalue weighted by atomic mass is 19.1. The van der Waals surface area contributed by atoms with Crippen molar-refractivity contribution in [2.45, 2.75) is 37.3 Å². The minimum atomic E-state index is -0.474. The molecule has 2 aromatic heterocycles. The van der Waals surface area contributed by atoms with Crippen LogP contribution >= 0.6 is 0 Å². The van der Waals surface area contributed by atoms with Gasteiger partial charge in [-0.25, -0.2) is 23.1 Å². The summed E-state index contributed by atoms with van der Waals surface area (Å²) in [5, 5.41) is 13.6. The van der Waals surface area contributed by atoms with Crippen LogP contribution in [0.3, 0.4) is 0 Å². The van der Waals surface area contributed by atoms with E-state index in [-0.39, 0.29) is 23.5 Å². The van der Waals surface area contributed by atoms with Crippen LogP contribution in [0.25, 0.3) is 5.65 Å². The third-order valence-electron chi connectivity index (χ3n) is 7.58. The molecule has 37 heavy (non-hydrogen) atoms. The molecule has 3 amide bonds. The number of hydrogen-bond acceptors (Lipinski definition) is 6. The summed E-state index contributed by atoms with van der Waals surface area (Å²) in [4.78, 5) is 33.3. The Bertz CT molecular complexity index is 1360. The SMILES string of the molecule is O=C1CCNC2(CCN(C(=O)Nc3cnn4ccc(N5CCC[C@@H]5c5cc(F)ccc5F)nc34)C2)CN1. The number of aromatic nitrogens is 3. The van der Waals surface area contributed by atoms with E-state index in [4.69, 9.17) is 4.98 Å². The first-order chi connectivity index (χ1) is 17.9. The molecule has 0 radical (unpaired) electrons. The van der Waals surface area contributed by atoms with Gasteiger partial charge in [-0.2, -0.15) is 5.10 Å². The molecule has 3 N–H and O–H groups in total. The molecule has 12 heteroatoms. The summed E-state index contributed by atoms with van der Waals surface area (Å²) in [5.41, 5.74) is 0.910. The minimum Gasteiger partial charge on any atom is -0.354 e. The summed E-state index contributed by atoms with van der Waals surface area (Å²) < 4.78 is 30.0. The van der Waals surface area contributed by atoms with E-state index in [1.54, 1.807) is 27.9 Å². The second-order valence-corrected chi connectivity index (χ2v) is 9.96. The molecular weight excluding hydrogens is 482 g/mol. The van der Waals surface area contributed by atoms with E-state index in [0.29, 0.717) is 68.3 Å². The van der Waals surface area contributed by atoms with Gasteiger partial charge in [-0.05, 0) is 43.5 Å². The van der Waals surface area contributed by atoms with Crippen molar-refractivity contribution in [3.8, 4) is 0 Å². The van der Waals surface area contributed by atoms with Gasteiger partial charge in [-0.1, -0.05) is 0 Å². The summed E-state index contributed by atoms with van der Waals surface area (Å²) >= 11 is 0. The Kier molecular flexibility index (Phi) is 5.90. The summed E-state index contributed by atoms with van der Waals surface area (Å²) in [5.74, 6) is -0.297. The van der Waals surface area contributed by atoms with E-state index in [1.165, 1.54) is 6.07 Å². The summed E-state index contributed by atoms with van der Waals surface area (Å²) in [6, 6.07) is 4.71. The number of carbonyl (C=O) groups is 2. The fraction of sp³-hybridized carbons (Fsp3) is 0.440. The number of anilines is 2. The zero-order valence-corrected chi connectivity index (χ0v) is 20.2. The number of benzene rings is 1. The van der Waals surface area contributed by atoms with Crippen LogP contribution in [0.5, 0.6) is 0 Å². The normalized spacial score (nSPS) is 24.1. The molecule has 3 aromatic rings. The molecular formula is C25H28F2N8O2. The third-order valence-corrected chi connectivity index (χ3v) is 7.58. The Morgan fingerprint density at radius 2 is 2.11 bits per heavy atom. The molecule has 0 bridgehead atoms. The number of amides is 3. The molecule has 0 saturated carbocycles. The van der Waals surface area contributed by atoms with E-state index >= 15 is 0 Å². The van der Waals surface area contributed by atoms with Gasteiger partial charge in [0.15, 0.2) is 5.65 Å². The molecule has 3 fully saturated rings. The van der Waals surface area contributed by atoms with E-state index < -0.39 is 11.6 Å².